The van der Waals surface area contributed by atoms with Crippen LogP contribution in [0.15, 0.2) is 47.3 Å². The van der Waals surface area contributed by atoms with Gasteiger partial charge in [-0.25, -0.2) is 0 Å². The average Bonchev–Trinajstić information content (AvgIpc) is 3.03. The number of benzene rings is 2. The van der Waals surface area contributed by atoms with Gasteiger partial charge in [-0.1, -0.05) is 11.6 Å². The van der Waals surface area contributed by atoms with Gasteiger partial charge in [-0.3, -0.25) is 4.79 Å². The minimum Gasteiger partial charge on any atom is -0.454 e. The third-order valence-corrected chi connectivity index (χ3v) is 4.26. The standard InChI is InChI=1S/C19H18N2O3/c1-12-2-4-16-14(6-12)8-15(19(22)21-16)10-20-9-13-3-5-17-18(7-13)24-11-23-17/h2-8,20H,9-11H2,1H3,(H,21,22)/p+1. The Morgan fingerprint density at radius 3 is 2.83 bits per heavy atom. The number of fused-ring (bicyclic) bond motifs is 2. The first-order valence-corrected chi connectivity index (χ1v) is 8.02. The molecule has 0 spiro atoms. The lowest BCUT2D eigenvalue weighted by molar-refractivity contribution is -0.686. The van der Waals surface area contributed by atoms with Crippen LogP contribution in [0.5, 0.6) is 11.5 Å². The number of aromatic amines is 1. The molecule has 0 atom stereocenters. The van der Waals surface area contributed by atoms with E-state index >= 15 is 0 Å². The lowest BCUT2D eigenvalue weighted by Gasteiger charge is -2.05. The van der Waals surface area contributed by atoms with Crippen LogP contribution in [0.3, 0.4) is 0 Å². The van der Waals surface area contributed by atoms with E-state index in [1.54, 1.807) is 0 Å². The molecular formula is C19H19N2O3+. The SMILES string of the molecule is Cc1ccc2[nH]c(=O)c(C[NH2+]Cc3ccc4c(c3)OCO4)cc2c1. The Hall–Kier alpha value is -2.79. The van der Waals surface area contributed by atoms with Gasteiger partial charge in [0.2, 0.25) is 6.79 Å². The maximum absolute atomic E-state index is 12.2. The fraction of sp³-hybridized carbons (Fsp3) is 0.211. The molecule has 122 valence electrons. The number of hydrogen-bond acceptors (Lipinski definition) is 3. The fourth-order valence-corrected chi connectivity index (χ4v) is 2.99. The molecule has 0 amide bonds. The van der Waals surface area contributed by atoms with E-state index in [-0.39, 0.29) is 12.4 Å². The quantitative estimate of drug-likeness (QED) is 0.770. The second-order valence-electron chi connectivity index (χ2n) is 6.10. The van der Waals surface area contributed by atoms with E-state index in [0.29, 0.717) is 6.54 Å². The molecule has 2 aromatic carbocycles. The highest BCUT2D eigenvalue weighted by molar-refractivity contribution is 5.79. The van der Waals surface area contributed by atoms with Crippen molar-refractivity contribution in [2.24, 2.45) is 0 Å². The normalized spacial score (nSPS) is 12.7. The molecule has 0 bridgehead atoms. The Labute approximate surface area is 139 Å². The number of ether oxygens (including phenoxy) is 2. The number of nitrogens with two attached hydrogens (primary N) is 1. The van der Waals surface area contributed by atoms with Gasteiger partial charge in [0.1, 0.15) is 13.1 Å². The molecule has 1 aromatic heterocycles. The van der Waals surface area contributed by atoms with Gasteiger partial charge in [-0.05, 0) is 48.7 Å². The predicted octanol–water partition coefficient (Wildman–Crippen LogP) is 1.83. The molecule has 2 heterocycles. The van der Waals surface area contributed by atoms with Crippen LogP contribution in [-0.2, 0) is 13.1 Å². The van der Waals surface area contributed by atoms with Gasteiger partial charge in [-0.15, -0.1) is 0 Å². The summed E-state index contributed by atoms with van der Waals surface area (Å²) in [5, 5.41) is 3.19. The van der Waals surface area contributed by atoms with E-state index in [4.69, 9.17) is 9.47 Å². The van der Waals surface area contributed by atoms with Crippen LogP contribution in [0.25, 0.3) is 10.9 Å². The molecule has 0 radical (unpaired) electrons. The van der Waals surface area contributed by atoms with Crippen LogP contribution in [0.1, 0.15) is 16.7 Å². The van der Waals surface area contributed by atoms with Crippen LogP contribution >= 0.6 is 0 Å². The molecule has 0 unspecified atom stereocenters. The fourth-order valence-electron chi connectivity index (χ4n) is 2.99. The maximum Gasteiger partial charge on any atom is 0.257 e. The summed E-state index contributed by atoms with van der Waals surface area (Å²) in [6.45, 7) is 3.75. The Morgan fingerprint density at radius 2 is 1.92 bits per heavy atom. The van der Waals surface area contributed by atoms with E-state index in [1.807, 2.05) is 36.4 Å². The summed E-state index contributed by atoms with van der Waals surface area (Å²) in [4.78, 5) is 15.2. The summed E-state index contributed by atoms with van der Waals surface area (Å²) in [5.74, 6) is 1.58. The predicted molar refractivity (Wildman–Crippen MR) is 91.2 cm³/mol. The molecular weight excluding hydrogens is 304 g/mol. The average molecular weight is 323 g/mol. The first-order chi connectivity index (χ1) is 11.7. The molecule has 0 saturated carbocycles. The largest absolute Gasteiger partial charge is 0.454 e. The van der Waals surface area contributed by atoms with Crippen molar-refractivity contribution < 1.29 is 14.8 Å². The van der Waals surface area contributed by atoms with Crippen LogP contribution in [0.4, 0.5) is 0 Å². The summed E-state index contributed by atoms with van der Waals surface area (Å²) in [5.41, 5.74) is 3.98. The Morgan fingerprint density at radius 1 is 1.04 bits per heavy atom. The molecule has 24 heavy (non-hydrogen) atoms. The Bertz CT molecular complexity index is 962. The summed E-state index contributed by atoms with van der Waals surface area (Å²) >= 11 is 0. The van der Waals surface area contributed by atoms with E-state index in [1.165, 1.54) is 5.56 Å². The third kappa shape index (κ3) is 2.86. The number of aromatic nitrogens is 1. The highest BCUT2D eigenvalue weighted by Crippen LogP contribution is 2.32. The van der Waals surface area contributed by atoms with E-state index in [9.17, 15) is 4.79 Å². The number of pyridine rings is 1. The minimum atomic E-state index is -0.0201. The number of rotatable bonds is 4. The third-order valence-electron chi connectivity index (χ3n) is 4.26. The van der Waals surface area contributed by atoms with Crippen LogP contribution in [0.2, 0.25) is 0 Å². The highest BCUT2D eigenvalue weighted by Gasteiger charge is 2.13. The van der Waals surface area contributed by atoms with Gasteiger partial charge in [0.05, 0.1) is 5.56 Å². The van der Waals surface area contributed by atoms with Crippen LogP contribution in [0, 0.1) is 6.92 Å². The Balaban J connectivity index is 1.48. The lowest BCUT2D eigenvalue weighted by atomic mass is 10.1. The van der Waals surface area contributed by atoms with Gasteiger partial charge in [0, 0.05) is 11.1 Å². The summed E-state index contributed by atoms with van der Waals surface area (Å²) in [7, 11) is 0. The molecule has 0 aliphatic carbocycles. The van der Waals surface area contributed by atoms with E-state index in [2.05, 4.69) is 23.3 Å². The van der Waals surface area contributed by atoms with Crippen LogP contribution < -0.4 is 20.3 Å². The molecule has 3 N–H and O–H groups in total. The molecule has 0 fully saturated rings. The van der Waals surface area contributed by atoms with Gasteiger partial charge in [0.15, 0.2) is 11.5 Å². The molecule has 1 aliphatic heterocycles. The first kappa shape index (κ1) is 14.8. The number of H-pyrrole nitrogens is 1. The van der Waals surface area contributed by atoms with Gasteiger partial charge in [-0.2, -0.15) is 0 Å². The summed E-state index contributed by atoms with van der Waals surface area (Å²) in [6, 6.07) is 14.0. The molecule has 5 nitrogen and oxygen atoms in total. The monoisotopic (exact) mass is 323 g/mol. The van der Waals surface area contributed by atoms with Crippen molar-refractivity contribution >= 4 is 10.9 Å². The zero-order valence-electron chi connectivity index (χ0n) is 13.5. The van der Waals surface area contributed by atoms with Crippen molar-refractivity contribution in [2.75, 3.05) is 6.79 Å². The lowest BCUT2D eigenvalue weighted by Crippen LogP contribution is -2.81. The molecule has 1 aliphatic rings. The highest BCUT2D eigenvalue weighted by atomic mass is 16.7. The zero-order valence-corrected chi connectivity index (χ0v) is 13.5. The van der Waals surface area contributed by atoms with E-state index in [0.717, 1.165) is 40.1 Å². The zero-order chi connectivity index (χ0) is 16.5. The number of quaternary nitrogens is 1. The second kappa shape index (κ2) is 6.02. The maximum atomic E-state index is 12.2. The van der Waals surface area contributed by atoms with Crippen LogP contribution in [-0.4, -0.2) is 11.8 Å². The van der Waals surface area contributed by atoms with Gasteiger partial charge < -0.3 is 19.8 Å². The molecule has 0 saturated heterocycles. The minimum absolute atomic E-state index is 0.0201. The van der Waals surface area contributed by atoms with Crippen molar-refractivity contribution in [3.63, 3.8) is 0 Å². The van der Waals surface area contributed by atoms with Crippen molar-refractivity contribution in [3.05, 3.63) is 69.5 Å². The van der Waals surface area contributed by atoms with Gasteiger partial charge >= 0.3 is 0 Å². The Kier molecular flexibility index (Phi) is 3.70. The first-order valence-electron chi connectivity index (χ1n) is 8.02. The molecule has 3 aromatic rings. The second-order valence-corrected chi connectivity index (χ2v) is 6.10. The smallest absolute Gasteiger partial charge is 0.257 e. The van der Waals surface area contributed by atoms with Crippen molar-refractivity contribution in [3.8, 4) is 11.5 Å². The molecule has 5 heteroatoms. The van der Waals surface area contributed by atoms with E-state index < -0.39 is 0 Å². The summed E-state index contributed by atoms with van der Waals surface area (Å²) in [6.07, 6.45) is 0. The topological polar surface area (TPSA) is 67.9 Å². The van der Waals surface area contributed by atoms with Gasteiger partial charge in [0.25, 0.3) is 5.56 Å². The number of hydrogen-bond donors (Lipinski definition) is 2. The number of nitrogens with one attached hydrogen (secondary N) is 1. The van der Waals surface area contributed by atoms with Crippen molar-refractivity contribution in [2.45, 2.75) is 20.0 Å². The summed E-state index contributed by atoms with van der Waals surface area (Å²) < 4.78 is 10.7. The molecule has 4 rings (SSSR count). The van der Waals surface area contributed by atoms with Crippen molar-refractivity contribution in [1.29, 1.82) is 0 Å². The number of aryl methyl sites for hydroxylation is 1. The van der Waals surface area contributed by atoms with Crippen molar-refractivity contribution in [1.82, 2.24) is 4.98 Å².